The monoisotopic (exact) mass is 219 g/mol. The number of amides is 1. The zero-order valence-corrected chi connectivity index (χ0v) is 9.47. The second kappa shape index (κ2) is 4.61. The number of nitrogens with zero attached hydrogens (tertiary/aromatic N) is 2. The summed E-state index contributed by atoms with van der Waals surface area (Å²) < 4.78 is 0. The van der Waals surface area contributed by atoms with E-state index in [1.54, 1.807) is 24.5 Å². The molecule has 4 nitrogen and oxygen atoms in total. The summed E-state index contributed by atoms with van der Waals surface area (Å²) in [6.07, 6.45) is 4.30. The van der Waals surface area contributed by atoms with Crippen molar-refractivity contribution in [1.82, 2.24) is 9.88 Å². The van der Waals surface area contributed by atoms with Gasteiger partial charge in [0.05, 0.1) is 0 Å². The van der Waals surface area contributed by atoms with Crippen molar-refractivity contribution in [2.75, 3.05) is 13.1 Å². The van der Waals surface area contributed by atoms with Gasteiger partial charge in [-0.15, -0.1) is 0 Å². The van der Waals surface area contributed by atoms with Gasteiger partial charge in [0.1, 0.15) is 0 Å². The van der Waals surface area contributed by atoms with Crippen LogP contribution in [0.1, 0.15) is 23.7 Å². The van der Waals surface area contributed by atoms with Crippen LogP contribution in [0.3, 0.4) is 0 Å². The molecule has 2 N–H and O–H groups in total. The molecule has 1 amide bonds. The summed E-state index contributed by atoms with van der Waals surface area (Å²) in [5.41, 5.74) is 6.56. The van der Waals surface area contributed by atoms with Crippen LogP contribution in [0.4, 0.5) is 0 Å². The van der Waals surface area contributed by atoms with Crippen molar-refractivity contribution in [2.24, 2.45) is 11.7 Å². The van der Waals surface area contributed by atoms with Crippen molar-refractivity contribution in [2.45, 2.75) is 19.4 Å². The Morgan fingerprint density at radius 3 is 2.81 bits per heavy atom. The highest BCUT2D eigenvalue weighted by Crippen LogP contribution is 2.20. The molecule has 86 valence electrons. The van der Waals surface area contributed by atoms with E-state index in [2.05, 4.69) is 4.98 Å². The number of aromatic nitrogens is 1. The lowest BCUT2D eigenvalue weighted by molar-refractivity contribution is 0.0786. The van der Waals surface area contributed by atoms with Gasteiger partial charge in [0.2, 0.25) is 0 Å². The fourth-order valence-corrected chi connectivity index (χ4v) is 2.08. The Labute approximate surface area is 95.5 Å². The molecule has 16 heavy (non-hydrogen) atoms. The minimum atomic E-state index is 0.0885. The van der Waals surface area contributed by atoms with Gasteiger partial charge in [-0.05, 0) is 31.4 Å². The first-order chi connectivity index (χ1) is 7.68. The van der Waals surface area contributed by atoms with Gasteiger partial charge in [-0.1, -0.05) is 0 Å². The average Bonchev–Trinajstić information content (AvgIpc) is 2.78. The quantitative estimate of drug-likeness (QED) is 0.803. The van der Waals surface area contributed by atoms with Gasteiger partial charge >= 0.3 is 0 Å². The van der Waals surface area contributed by atoms with E-state index in [4.69, 9.17) is 5.73 Å². The summed E-state index contributed by atoms with van der Waals surface area (Å²) in [7, 11) is 0. The average molecular weight is 219 g/mol. The van der Waals surface area contributed by atoms with Gasteiger partial charge in [-0.25, -0.2) is 0 Å². The maximum absolute atomic E-state index is 12.1. The molecule has 1 fully saturated rings. The zero-order valence-electron chi connectivity index (χ0n) is 9.47. The van der Waals surface area contributed by atoms with Crippen LogP contribution >= 0.6 is 0 Å². The third kappa shape index (κ3) is 2.22. The van der Waals surface area contributed by atoms with Crippen LogP contribution in [-0.2, 0) is 0 Å². The second-order valence-corrected chi connectivity index (χ2v) is 4.39. The summed E-state index contributed by atoms with van der Waals surface area (Å²) in [5, 5.41) is 0. The Morgan fingerprint density at radius 1 is 1.56 bits per heavy atom. The van der Waals surface area contributed by atoms with Crippen molar-refractivity contribution >= 4 is 5.91 Å². The second-order valence-electron chi connectivity index (χ2n) is 4.39. The van der Waals surface area contributed by atoms with Crippen molar-refractivity contribution < 1.29 is 4.79 Å². The van der Waals surface area contributed by atoms with Gasteiger partial charge in [-0.2, -0.15) is 0 Å². The van der Waals surface area contributed by atoms with Gasteiger partial charge < -0.3 is 10.6 Å². The molecule has 0 aromatic carbocycles. The number of rotatable bonds is 2. The van der Waals surface area contributed by atoms with E-state index >= 15 is 0 Å². The molecule has 1 aromatic rings. The lowest BCUT2D eigenvalue weighted by Gasteiger charge is -2.18. The van der Waals surface area contributed by atoms with Gasteiger partial charge in [0, 0.05) is 37.1 Å². The molecule has 0 saturated carbocycles. The molecule has 2 unspecified atom stereocenters. The molecule has 1 aliphatic rings. The fourth-order valence-electron chi connectivity index (χ4n) is 2.08. The number of hydrogen-bond donors (Lipinski definition) is 1. The molecule has 0 radical (unpaired) electrons. The normalized spacial score (nSPS) is 22.1. The largest absolute Gasteiger partial charge is 0.338 e. The number of carbonyl (C=O) groups excluding carboxylic acids is 1. The first-order valence-corrected chi connectivity index (χ1v) is 5.63. The summed E-state index contributed by atoms with van der Waals surface area (Å²) in [4.78, 5) is 17.9. The van der Waals surface area contributed by atoms with Crippen molar-refractivity contribution in [1.29, 1.82) is 0 Å². The number of hydrogen-bond acceptors (Lipinski definition) is 3. The highest BCUT2D eigenvalue weighted by Gasteiger charge is 2.28. The number of carbonyl (C=O) groups is 1. The summed E-state index contributed by atoms with van der Waals surface area (Å²) >= 11 is 0. The summed E-state index contributed by atoms with van der Waals surface area (Å²) in [6.45, 7) is 3.59. The topological polar surface area (TPSA) is 59.2 Å². The Bertz CT molecular complexity index is 364. The smallest absolute Gasteiger partial charge is 0.253 e. The number of nitrogens with two attached hydrogens (primary N) is 1. The van der Waals surface area contributed by atoms with Gasteiger partial charge in [-0.3, -0.25) is 9.78 Å². The van der Waals surface area contributed by atoms with Crippen LogP contribution in [0.25, 0.3) is 0 Å². The number of likely N-dealkylation sites (tertiary alicyclic amines) is 1. The summed E-state index contributed by atoms with van der Waals surface area (Å²) in [6, 6.07) is 3.67. The standard InChI is InChI=1S/C12H17N3O/c1-9(13)11-4-7-15(8-11)12(16)10-2-5-14-6-3-10/h2-3,5-6,9,11H,4,7-8,13H2,1H3. The molecule has 4 heteroatoms. The molecule has 1 aliphatic heterocycles. The minimum absolute atomic E-state index is 0.0885. The van der Waals surface area contributed by atoms with Crippen LogP contribution in [-0.4, -0.2) is 34.9 Å². The van der Waals surface area contributed by atoms with Crippen molar-refractivity contribution in [3.8, 4) is 0 Å². The molecular formula is C12H17N3O. The molecule has 2 rings (SSSR count). The predicted octanol–water partition coefficient (Wildman–Crippen LogP) is 0.891. The Kier molecular flexibility index (Phi) is 3.19. The highest BCUT2D eigenvalue weighted by atomic mass is 16.2. The Morgan fingerprint density at radius 2 is 2.25 bits per heavy atom. The molecular weight excluding hydrogens is 202 g/mol. The van der Waals surface area contributed by atoms with Crippen molar-refractivity contribution in [3.05, 3.63) is 30.1 Å². The number of pyridine rings is 1. The SMILES string of the molecule is CC(N)C1CCN(C(=O)c2ccncc2)C1. The molecule has 1 aromatic heterocycles. The predicted molar refractivity (Wildman–Crippen MR) is 61.9 cm³/mol. The van der Waals surface area contributed by atoms with Crippen LogP contribution in [0.2, 0.25) is 0 Å². The van der Waals surface area contributed by atoms with E-state index in [1.165, 1.54) is 0 Å². The molecule has 2 atom stereocenters. The maximum Gasteiger partial charge on any atom is 0.253 e. The van der Waals surface area contributed by atoms with E-state index in [0.29, 0.717) is 11.5 Å². The van der Waals surface area contributed by atoms with Crippen LogP contribution in [0.5, 0.6) is 0 Å². The van der Waals surface area contributed by atoms with Gasteiger partial charge in [0.25, 0.3) is 5.91 Å². The minimum Gasteiger partial charge on any atom is -0.338 e. The molecule has 1 saturated heterocycles. The third-order valence-electron chi connectivity index (χ3n) is 3.18. The van der Waals surface area contributed by atoms with Crippen LogP contribution < -0.4 is 5.73 Å². The van der Waals surface area contributed by atoms with Crippen LogP contribution in [0, 0.1) is 5.92 Å². The molecule has 2 heterocycles. The molecule has 0 spiro atoms. The van der Waals surface area contributed by atoms with E-state index in [-0.39, 0.29) is 11.9 Å². The molecule has 0 bridgehead atoms. The lowest BCUT2D eigenvalue weighted by atomic mass is 10.0. The van der Waals surface area contributed by atoms with E-state index in [1.807, 2.05) is 11.8 Å². The third-order valence-corrected chi connectivity index (χ3v) is 3.18. The zero-order chi connectivity index (χ0) is 11.5. The van der Waals surface area contributed by atoms with E-state index in [0.717, 1.165) is 19.5 Å². The van der Waals surface area contributed by atoms with Gasteiger partial charge in [0.15, 0.2) is 0 Å². The maximum atomic E-state index is 12.1. The first kappa shape index (κ1) is 11.1. The Hall–Kier alpha value is -1.42. The first-order valence-electron chi connectivity index (χ1n) is 5.63. The molecule has 0 aliphatic carbocycles. The van der Waals surface area contributed by atoms with Crippen LogP contribution in [0.15, 0.2) is 24.5 Å². The Balaban J connectivity index is 2.03. The van der Waals surface area contributed by atoms with E-state index in [9.17, 15) is 4.79 Å². The fraction of sp³-hybridized carbons (Fsp3) is 0.500. The lowest BCUT2D eigenvalue weighted by Crippen LogP contribution is -2.32. The van der Waals surface area contributed by atoms with E-state index < -0.39 is 0 Å². The highest BCUT2D eigenvalue weighted by molar-refractivity contribution is 5.94. The van der Waals surface area contributed by atoms with Crippen molar-refractivity contribution in [3.63, 3.8) is 0 Å². The summed E-state index contributed by atoms with van der Waals surface area (Å²) in [5.74, 6) is 0.524.